The average molecular weight is 321 g/mol. The van der Waals surface area contributed by atoms with Crippen molar-refractivity contribution in [1.82, 2.24) is 0 Å². The molecule has 0 N–H and O–H groups in total. The van der Waals surface area contributed by atoms with Crippen LogP contribution in [-0.4, -0.2) is 18.2 Å². The lowest BCUT2D eigenvalue weighted by Gasteiger charge is -2.23. The van der Waals surface area contributed by atoms with Crippen molar-refractivity contribution in [3.05, 3.63) is 16.3 Å². The zero-order chi connectivity index (χ0) is 15.9. The van der Waals surface area contributed by atoms with Crippen molar-refractivity contribution in [2.45, 2.75) is 65.2 Å². The van der Waals surface area contributed by atoms with Gasteiger partial charge in [-0.25, -0.2) is 0 Å². The molecule has 1 aromatic heterocycles. The number of carbonyl (C=O) groups is 2. The van der Waals surface area contributed by atoms with Crippen molar-refractivity contribution in [2.24, 2.45) is 5.92 Å². The molecule has 1 aliphatic heterocycles. The molecule has 1 unspecified atom stereocenters. The molecule has 4 heteroatoms. The van der Waals surface area contributed by atoms with E-state index >= 15 is 0 Å². The molecule has 1 amide bonds. The van der Waals surface area contributed by atoms with Gasteiger partial charge in [-0.3, -0.25) is 9.59 Å². The smallest absolute Gasteiger partial charge is 0.300 e. The SMILES string of the molecule is CCCCCCC(CCCC)CN1C(=O)C(=O)c2sccc21. The molecule has 22 heavy (non-hydrogen) atoms. The highest BCUT2D eigenvalue weighted by Gasteiger charge is 2.37. The van der Waals surface area contributed by atoms with Gasteiger partial charge in [0.05, 0.1) is 5.69 Å². The Bertz CT molecular complexity index is 509. The molecule has 0 aromatic carbocycles. The maximum Gasteiger partial charge on any atom is 0.300 e. The highest BCUT2D eigenvalue weighted by Crippen LogP contribution is 2.34. The monoisotopic (exact) mass is 321 g/mol. The molecule has 1 atom stereocenters. The van der Waals surface area contributed by atoms with Crippen molar-refractivity contribution in [2.75, 3.05) is 11.4 Å². The molecule has 0 radical (unpaired) electrons. The van der Waals surface area contributed by atoms with Crippen LogP contribution in [0.4, 0.5) is 5.69 Å². The molecule has 2 heterocycles. The topological polar surface area (TPSA) is 37.4 Å². The number of rotatable bonds is 10. The van der Waals surface area contributed by atoms with Crippen LogP contribution in [0.25, 0.3) is 0 Å². The molecule has 1 aromatic rings. The lowest BCUT2D eigenvalue weighted by Crippen LogP contribution is -2.34. The van der Waals surface area contributed by atoms with Crippen molar-refractivity contribution in [3.8, 4) is 0 Å². The van der Waals surface area contributed by atoms with Crippen LogP contribution < -0.4 is 4.90 Å². The predicted molar refractivity (Wildman–Crippen MR) is 92.8 cm³/mol. The van der Waals surface area contributed by atoms with Gasteiger partial charge in [0, 0.05) is 6.54 Å². The van der Waals surface area contributed by atoms with Gasteiger partial charge in [0.1, 0.15) is 4.88 Å². The third-order valence-electron chi connectivity index (χ3n) is 4.45. The Morgan fingerprint density at radius 2 is 1.77 bits per heavy atom. The van der Waals surface area contributed by atoms with E-state index in [1.807, 2.05) is 11.4 Å². The van der Waals surface area contributed by atoms with E-state index in [1.54, 1.807) is 4.90 Å². The summed E-state index contributed by atoms with van der Waals surface area (Å²) in [5, 5.41) is 1.91. The summed E-state index contributed by atoms with van der Waals surface area (Å²) in [6, 6.07) is 1.91. The minimum absolute atomic E-state index is 0.315. The van der Waals surface area contributed by atoms with Gasteiger partial charge >= 0.3 is 0 Å². The van der Waals surface area contributed by atoms with Crippen LogP contribution in [0.1, 0.15) is 74.9 Å². The predicted octanol–water partition coefficient (Wildman–Crippen LogP) is 5.05. The Morgan fingerprint density at radius 1 is 1.05 bits per heavy atom. The summed E-state index contributed by atoms with van der Waals surface area (Å²) in [5.41, 5.74) is 0.843. The van der Waals surface area contributed by atoms with Crippen LogP contribution in [0.3, 0.4) is 0 Å². The molecule has 2 rings (SSSR count). The van der Waals surface area contributed by atoms with E-state index in [0.29, 0.717) is 17.3 Å². The summed E-state index contributed by atoms with van der Waals surface area (Å²) < 4.78 is 0. The third kappa shape index (κ3) is 3.97. The number of hydrogen-bond donors (Lipinski definition) is 0. The normalized spacial score (nSPS) is 15.5. The lowest BCUT2D eigenvalue weighted by atomic mass is 9.94. The van der Waals surface area contributed by atoms with Crippen LogP contribution in [0, 0.1) is 5.92 Å². The van der Waals surface area contributed by atoms with Gasteiger partial charge in [0.15, 0.2) is 0 Å². The second kappa shape index (κ2) is 8.47. The van der Waals surface area contributed by atoms with Gasteiger partial charge in [-0.1, -0.05) is 52.4 Å². The van der Waals surface area contributed by atoms with E-state index in [-0.39, 0.29) is 11.7 Å². The van der Waals surface area contributed by atoms with Gasteiger partial charge < -0.3 is 4.90 Å². The maximum atomic E-state index is 12.2. The van der Waals surface area contributed by atoms with Crippen molar-refractivity contribution in [1.29, 1.82) is 0 Å². The molecule has 0 fully saturated rings. The second-order valence-corrected chi connectivity index (χ2v) is 7.15. The van der Waals surface area contributed by atoms with E-state index in [0.717, 1.165) is 18.5 Å². The highest BCUT2D eigenvalue weighted by molar-refractivity contribution is 7.14. The summed E-state index contributed by atoms with van der Waals surface area (Å²) in [4.78, 5) is 26.5. The summed E-state index contributed by atoms with van der Waals surface area (Å²) >= 11 is 1.39. The number of fused-ring (bicyclic) bond motifs is 1. The lowest BCUT2D eigenvalue weighted by molar-refractivity contribution is -0.114. The first-order valence-electron chi connectivity index (χ1n) is 8.62. The average Bonchev–Trinajstić information content (AvgIpc) is 3.08. The Balaban J connectivity index is 1.97. The Hall–Kier alpha value is -1.16. The molecule has 0 aliphatic carbocycles. The molecule has 3 nitrogen and oxygen atoms in total. The second-order valence-electron chi connectivity index (χ2n) is 6.24. The maximum absolute atomic E-state index is 12.2. The molecule has 0 bridgehead atoms. The number of nitrogens with zero attached hydrogens (tertiary/aromatic N) is 1. The number of Topliss-reactive ketones (excluding diaryl/α,β-unsaturated/α-hetero) is 1. The minimum atomic E-state index is -0.322. The number of unbranched alkanes of at least 4 members (excludes halogenated alkanes) is 4. The highest BCUT2D eigenvalue weighted by atomic mass is 32.1. The van der Waals surface area contributed by atoms with Gasteiger partial charge in [-0.15, -0.1) is 11.3 Å². The zero-order valence-corrected chi connectivity index (χ0v) is 14.6. The number of anilines is 1. The summed E-state index contributed by atoms with van der Waals surface area (Å²) in [6.45, 7) is 5.14. The fourth-order valence-corrected chi connectivity index (χ4v) is 3.96. The first kappa shape index (κ1) is 17.2. The molecular weight excluding hydrogens is 294 g/mol. The van der Waals surface area contributed by atoms with Gasteiger partial charge in [0.2, 0.25) is 0 Å². The van der Waals surface area contributed by atoms with Crippen LogP contribution in [-0.2, 0) is 4.79 Å². The van der Waals surface area contributed by atoms with E-state index in [4.69, 9.17) is 0 Å². The largest absolute Gasteiger partial charge is 0.304 e. The number of hydrogen-bond acceptors (Lipinski definition) is 3. The number of ketones is 1. The Kier molecular flexibility index (Phi) is 6.62. The van der Waals surface area contributed by atoms with Crippen LogP contribution in [0.2, 0.25) is 0 Å². The molecule has 0 saturated carbocycles. The molecular formula is C18H27NO2S. The molecule has 1 aliphatic rings. The fraction of sp³-hybridized carbons (Fsp3) is 0.667. The van der Waals surface area contributed by atoms with Gasteiger partial charge in [0.25, 0.3) is 11.7 Å². The first-order valence-corrected chi connectivity index (χ1v) is 9.50. The van der Waals surface area contributed by atoms with Crippen molar-refractivity contribution >= 4 is 28.7 Å². The van der Waals surface area contributed by atoms with E-state index in [1.165, 1.54) is 49.9 Å². The zero-order valence-electron chi connectivity index (χ0n) is 13.8. The Morgan fingerprint density at radius 3 is 2.50 bits per heavy atom. The van der Waals surface area contributed by atoms with Crippen LogP contribution in [0.5, 0.6) is 0 Å². The van der Waals surface area contributed by atoms with Gasteiger partial charge in [-0.2, -0.15) is 0 Å². The number of amides is 1. The van der Waals surface area contributed by atoms with E-state index in [2.05, 4.69) is 13.8 Å². The molecule has 0 saturated heterocycles. The first-order chi connectivity index (χ1) is 10.7. The van der Waals surface area contributed by atoms with Gasteiger partial charge in [-0.05, 0) is 30.2 Å². The minimum Gasteiger partial charge on any atom is -0.304 e. The van der Waals surface area contributed by atoms with E-state index < -0.39 is 0 Å². The third-order valence-corrected chi connectivity index (χ3v) is 5.36. The van der Waals surface area contributed by atoms with E-state index in [9.17, 15) is 9.59 Å². The Labute approximate surface area is 137 Å². The van der Waals surface area contributed by atoms with Crippen molar-refractivity contribution < 1.29 is 9.59 Å². The number of carbonyl (C=O) groups excluding carboxylic acids is 2. The summed E-state index contributed by atoms with van der Waals surface area (Å²) in [5.74, 6) is -0.124. The number of thiophene rings is 1. The summed E-state index contributed by atoms with van der Waals surface area (Å²) in [6.07, 6.45) is 9.74. The standard InChI is InChI=1S/C18H27NO2S/c1-3-5-7-8-10-14(9-6-4-2)13-19-15-11-12-22-17(15)16(20)18(19)21/h11-12,14H,3-10,13H2,1-2H3. The van der Waals surface area contributed by atoms with Crippen molar-refractivity contribution in [3.63, 3.8) is 0 Å². The fourth-order valence-electron chi connectivity index (χ4n) is 3.13. The summed E-state index contributed by atoms with van der Waals surface area (Å²) in [7, 11) is 0. The molecule has 122 valence electrons. The molecule has 0 spiro atoms. The van der Waals surface area contributed by atoms with Crippen LogP contribution >= 0.6 is 11.3 Å². The quantitative estimate of drug-likeness (QED) is 0.446. The van der Waals surface area contributed by atoms with Crippen LogP contribution in [0.15, 0.2) is 11.4 Å².